The Labute approximate surface area is 154 Å². The molecule has 1 aromatic heterocycles. The van der Waals surface area contributed by atoms with Crippen LogP contribution >= 0.6 is 0 Å². The Bertz CT molecular complexity index is 867. The number of hydrogen-bond donors (Lipinski definition) is 1. The molecular weight excluding hydrogens is 352 g/mol. The van der Waals surface area contributed by atoms with E-state index >= 15 is 0 Å². The van der Waals surface area contributed by atoms with Gasteiger partial charge in [-0.25, -0.2) is 8.42 Å². The highest BCUT2D eigenvalue weighted by Gasteiger charge is 2.28. The molecule has 3 rings (SSSR count). The fourth-order valence-corrected chi connectivity index (χ4v) is 4.55. The van der Waals surface area contributed by atoms with Crippen molar-refractivity contribution < 1.29 is 17.6 Å². The van der Waals surface area contributed by atoms with Gasteiger partial charge in [-0.05, 0) is 55.5 Å². The zero-order valence-electron chi connectivity index (χ0n) is 15.1. The predicted octanol–water partition coefficient (Wildman–Crippen LogP) is 2.94. The highest BCUT2D eigenvalue weighted by atomic mass is 32.2. The first-order chi connectivity index (χ1) is 12.4. The predicted molar refractivity (Wildman–Crippen MR) is 98.2 cm³/mol. The minimum absolute atomic E-state index is 0.167. The number of rotatable bonds is 5. The second kappa shape index (κ2) is 7.63. The Balaban J connectivity index is 1.79. The van der Waals surface area contributed by atoms with Gasteiger partial charge in [0.25, 0.3) is 5.91 Å². The number of nitrogens with zero attached hydrogens (tertiary/aromatic N) is 1. The van der Waals surface area contributed by atoms with Crippen molar-refractivity contribution in [1.29, 1.82) is 0 Å². The molecular formula is C19H24N2O4S. The van der Waals surface area contributed by atoms with Gasteiger partial charge in [0, 0.05) is 18.7 Å². The van der Waals surface area contributed by atoms with Crippen molar-refractivity contribution in [3.05, 3.63) is 53.5 Å². The second-order valence-corrected chi connectivity index (χ2v) is 8.76. The lowest BCUT2D eigenvalue weighted by Gasteiger charge is -2.29. The van der Waals surface area contributed by atoms with Crippen LogP contribution < -0.4 is 5.32 Å². The standard InChI is InChI=1S/C19H24N2O4S/c1-14-7-9-21(10-8-14)26(23,24)17-6-5-15(2)18(12-17)19(22)20-13-16-4-3-11-25-16/h3-6,11-12,14H,7-10,13H2,1-2H3,(H,20,22). The molecule has 1 aliphatic heterocycles. The molecule has 1 amide bonds. The maximum atomic E-state index is 12.9. The van der Waals surface area contributed by atoms with Gasteiger partial charge in [-0.3, -0.25) is 4.79 Å². The van der Waals surface area contributed by atoms with Gasteiger partial charge in [-0.2, -0.15) is 4.31 Å². The number of carbonyl (C=O) groups is 1. The number of nitrogens with one attached hydrogen (secondary N) is 1. The molecule has 0 bridgehead atoms. The number of furan rings is 1. The Kier molecular flexibility index (Phi) is 5.48. The topological polar surface area (TPSA) is 79.6 Å². The average Bonchev–Trinajstić information content (AvgIpc) is 3.14. The van der Waals surface area contributed by atoms with E-state index in [2.05, 4.69) is 12.2 Å². The third kappa shape index (κ3) is 3.99. The van der Waals surface area contributed by atoms with Crippen LogP contribution in [-0.4, -0.2) is 31.7 Å². The molecule has 140 valence electrons. The fourth-order valence-electron chi connectivity index (χ4n) is 3.06. The van der Waals surface area contributed by atoms with Crippen LogP contribution in [0.15, 0.2) is 45.9 Å². The van der Waals surface area contributed by atoms with Crippen LogP contribution in [0.25, 0.3) is 0 Å². The Morgan fingerprint density at radius 3 is 2.65 bits per heavy atom. The molecule has 26 heavy (non-hydrogen) atoms. The molecule has 0 radical (unpaired) electrons. The van der Waals surface area contributed by atoms with Crippen LogP contribution in [0.2, 0.25) is 0 Å². The second-order valence-electron chi connectivity index (χ2n) is 6.83. The lowest BCUT2D eigenvalue weighted by molar-refractivity contribution is 0.0947. The van der Waals surface area contributed by atoms with Gasteiger partial charge < -0.3 is 9.73 Å². The summed E-state index contributed by atoms with van der Waals surface area (Å²) in [5, 5.41) is 2.77. The SMILES string of the molecule is Cc1ccc(S(=O)(=O)N2CCC(C)CC2)cc1C(=O)NCc1ccco1. The summed E-state index contributed by atoms with van der Waals surface area (Å²) >= 11 is 0. The van der Waals surface area contributed by atoms with Gasteiger partial charge in [0.05, 0.1) is 17.7 Å². The maximum Gasteiger partial charge on any atom is 0.251 e. The van der Waals surface area contributed by atoms with Crippen molar-refractivity contribution >= 4 is 15.9 Å². The van der Waals surface area contributed by atoms with Crippen molar-refractivity contribution in [2.75, 3.05) is 13.1 Å². The lowest BCUT2D eigenvalue weighted by atomic mass is 10.0. The normalized spacial score (nSPS) is 16.5. The molecule has 0 aliphatic carbocycles. The van der Waals surface area contributed by atoms with Gasteiger partial charge in [0.15, 0.2) is 0 Å². The molecule has 1 aliphatic rings. The van der Waals surface area contributed by atoms with Crippen LogP contribution in [0.4, 0.5) is 0 Å². The van der Waals surface area contributed by atoms with E-state index in [1.54, 1.807) is 37.5 Å². The molecule has 1 aromatic carbocycles. The third-order valence-electron chi connectivity index (χ3n) is 4.84. The summed E-state index contributed by atoms with van der Waals surface area (Å²) in [5.41, 5.74) is 1.09. The number of benzene rings is 1. The zero-order valence-corrected chi connectivity index (χ0v) is 15.9. The molecule has 0 saturated carbocycles. The molecule has 7 heteroatoms. The van der Waals surface area contributed by atoms with E-state index in [9.17, 15) is 13.2 Å². The molecule has 0 atom stereocenters. The largest absolute Gasteiger partial charge is 0.467 e. The number of sulfonamides is 1. The van der Waals surface area contributed by atoms with E-state index in [1.807, 2.05) is 0 Å². The summed E-state index contributed by atoms with van der Waals surface area (Å²) in [7, 11) is -3.58. The number of hydrogen-bond acceptors (Lipinski definition) is 4. The maximum absolute atomic E-state index is 12.9. The van der Waals surface area contributed by atoms with Gasteiger partial charge >= 0.3 is 0 Å². The highest BCUT2D eigenvalue weighted by Crippen LogP contribution is 2.25. The molecule has 1 fully saturated rings. The van der Waals surface area contributed by atoms with Gasteiger partial charge in [-0.1, -0.05) is 13.0 Å². The monoisotopic (exact) mass is 376 g/mol. The van der Waals surface area contributed by atoms with Gasteiger partial charge in [0.1, 0.15) is 5.76 Å². The Morgan fingerprint density at radius 1 is 1.27 bits per heavy atom. The van der Waals surface area contributed by atoms with Crippen molar-refractivity contribution in [2.45, 2.75) is 38.1 Å². The molecule has 2 heterocycles. The minimum Gasteiger partial charge on any atom is -0.467 e. The van der Waals surface area contributed by atoms with Crippen molar-refractivity contribution in [2.24, 2.45) is 5.92 Å². The third-order valence-corrected chi connectivity index (χ3v) is 6.73. The Hall–Kier alpha value is -2.12. The Morgan fingerprint density at radius 2 is 2.00 bits per heavy atom. The summed E-state index contributed by atoms with van der Waals surface area (Å²) < 4.78 is 32.5. The fraction of sp³-hybridized carbons (Fsp3) is 0.421. The van der Waals surface area contributed by atoms with E-state index in [1.165, 1.54) is 10.4 Å². The van der Waals surface area contributed by atoms with Crippen LogP contribution in [0, 0.1) is 12.8 Å². The first-order valence-electron chi connectivity index (χ1n) is 8.79. The molecule has 6 nitrogen and oxygen atoms in total. The van der Waals surface area contributed by atoms with E-state index in [4.69, 9.17) is 4.42 Å². The quantitative estimate of drug-likeness (QED) is 0.870. The summed E-state index contributed by atoms with van der Waals surface area (Å²) in [5.74, 6) is 0.868. The van der Waals surface area contributed by atoms with Crippen LogP contribution in [0.5, 0.6) is 0 Å². The smallest absolute Gasteiger partial charge is 0.251 e. The number of amides is 1. The summed E-state index contributed by atoms with van der Waals surface area (Å²) in [6, 6.07) is 8.25. The first-order valence-corrected chi connectivity index (χ1v) is 10.2. The zero-order chi connectivity index (χ0) is 18.7. The van der Waals surface area contributed by atoms with E-state index in [-0.39, 0.29) is 17.3 Å². The van der Waals surface area contributed by atoms with Crippen LogP contribution in [0.3, 0.4) is 0 Å². The van der Waals surface area contributed by atoms with E-state index < -0.39 is 10.0 Å². The van der Waals surface area contributed by atoms with Gasteiger partial charge in [0.2, 0.25) is 10.0 Å². The van der Waals surface area contributed by atoms with E-state index in [0.29, 0.717) is 30.3 Å². The number of carbonyl (C=O) groups excluding carboxylic acids is 1. The van der Waals surface area contributed by atoms with Crippen molar-refractivity contribution in [3.8, 4) is 0 Å². The minimum atomic E-state index is -3.58. The summed E-state index contributed by atoms with van der Waals surface area (Å²) in [6.07, 6.45) is 3.27. The van der Waals surface area contributed by atoms with Gasteiger partial charge in [-0.15, -0.1) is 0 Å². The first kappa shape index (κ1) is 18.7. The lowest BCUT2D eigenvalue weighted by Crippen LogP contribution is -2.38. The van der Waals surface area contributed by atoms with Crippen molar-refractivity contribution in [1.82, 2.24) is 9.62 Å². The van der Waals surface area contributed by atoms with Crippen LogP contribution in [0.1, 0.15) is 41.4 Å². The number of aryl methyl sites for hydroxylation is 1. The molecule has 1 saturated heterocycles. The molecule has 1 N–H and O–H groups in total. The average molecular weight is 376 g/mol. The number of piperidine rings is 1. The molecule has 2 aromatic rings. The summed E-state index contributed by atoms with van der Waals surface area (Å²) in [4.78, 5) is 12.7. The molecule has 0 unspecified atom stereocenters. The summed E-state index contributed by atoms with van der Waals surface area (Å²) in [6.45, 7) is 5.24. The van der Waals surface area contributed by atoms with Crippen molar-refractivity contribution in [3.63, 3.8) is 0 Å². The van der Waals surface area contributed by atoms with E-state index in [0.717, 1.165) is 18.4 Å². The van der Waals surface area contributed by atoms with Crippen LogP contribution in [-0.2, 0) is 16.6 Å². The highest BCUT2D eigenvalue weighted by molar-refractivity contribution is 7.89. The molecule has 0 spiro atoms.